The molecule has 5 aromatic rings. The molecule has 1 N–H and O–H groups in total. The van der Waals surface area contributed by atoms with Crippen LogP contribution in [0.15, 0.2) is 67.0 Å². The number of carbonyl (C=O) groups excluding carboxylic acids is 1. The van der Waals surface area contributed by atoms with E-state index in [-0.39, 0.29) is 11.8 Å². The number of hydrogen-bond acceptors (Lipinski definition) is 6. The maximum atomic E-state index is 12.8. The van der Waals surface area contributed by atoms with Crippen molar-refractivity contribution in [3.05, 3.63) is 94.4 Å². The minimum absolute atomic E-state index is 0.0958. The Morgan fingerprint density at radius 3 is 2.77 bits per heavy atom. The van der Waals surface area contributed by atoms with E-state index < -0.39 is 0 Å². The molecule has 9 nitrogen and oxygen atoms in total. The number of aromatic nitrogens is 6. The first-order valence-electron chi connectivity index (χ1n) is 11.1. The summed E-state index contributed by atoms with van der Waals surface area (Å²) in [6, 6.07) is 19.0. The molecule has 6 rings (SSSR count). The largest absolute Gasteiger partial charge is 0.489 e. The van der Waals surface area contributed by atoms with Gasteiger partial charge in [-0.25, -0.2) is 0 Å². The molecule has 10 heteroatoms. The Hall–Kier alpha value is -4.24. The summed E-state index contributed by atoms with van der Waals surface area (Å²) in [5, 5.41) is 20.8. The first kappa shape index (κ1) is 21.3. The molecule has 0 radical (unpaired) electrons. The molecular formula is C25H20ClN7O2. The van der Waals surface area contributed by atoms with Gasteiger partial charge in [-0.2, -0.15) is 14.3 Å². The van der Waals surface area contributed by atoms with Crippen LogP contribution in [-0.4, -0.2) is 35.5 Å². The highest BCUT2D eigenvalue weighted by molar-refractivity contribution is 6.30. The number of rotatable bonds is 5. The second-order valence-corrected chi connectivity index (χ2v) is 8.78. The van der Waals surface area contributed by atoms with Crippen LogP contribution in [0.3, 0.4) is 0 Å². The fraction of sp³-hybridized carbons (Fsp3) is 0.160. The Bertz CT molecular complexity index is 1560. The molecule has 1 atom stereocenters. The van der Waals surface area contributed by atoms with Crippen molar-refractivity contribution in [1.82, 2.24) is 29.6 Å². The van der Waals surface area contributed by atoms with Crippen LogP contribution in [0, 0.1) is 6.92 Å². The molecule has 0 saturated heterocycles. The molecule has 0 spiro atoms. The SMILES string of the molecule is Cc1nn(-c2ccc3nncn3n2)c2c1[C@@H](c1ccccc1OCc1ccc(Cl)cc1)CC(=O)N2. The van der Waals surface area contributed by atoms with E-state index in [9.17, 15) is 4.79 Å². The molecule has 3 aromatic heterocycles. The number of anilines is 1. The zero-order valence-electron chi connectivity index (χ0n) is 18.7. The van der Waals surface area contributed by atoms with Crippen LogP contribution in [0.1, 0.15) is 34.7 Å². The van der Waals surface area contributed by atoms with E-state index in [0.29, 0.717) is 35.3 Å². The Morgan fingerprint density at radius 2 is 1.91 bits per heavy atom. The zero-order valence-corrected chi connectivity index (χ0v) is 19.5. The molecule has 1 aliphatic rings. The Balaban J connectivity index is 1.39. The summed E-state index contributed by atoms with van der Waals surface area (Å²) in [5.74, 6) is 1.57. The van der Waals surface area contributed by atoms with E-state index >= 15 is 0 Å². The number of para-hydroxylation sites is 1. The normalized spacial score (nSPS) is 15.1. The predicted molar refractivity (Wildman–Crippen MR) is 130 cm³/mol. The van der Waals surface area contributed by atoms with Crippen molar-refractivity contribution in [3.8, 4) is 11.6 Å². The van der Waals surface area contributed by atoms with Crippen molar-refractivity contribution in [2.45, 2.75) is 25.9 Å². The number of aryl methyl sites for hydroxylation is 1. The summed E-state index contributed by atoms with van der Waals surface area (Å²) in [7, 11) is 0. The Labute approximate surface area is 205 Å². The van der Waals surface area contributed by atoms with Crippen molar-refractivity contribution >= 4 is 29.0 Å². The van der Waals surface area contributed by atoms with Gasteiger partial charge in [0, 0.05) is 28.5 Å². The van der Waals surface area contributed by atoms with Gasteiger partial charge >= 0.3 is 0 Å². The standard InChI is InChI=1S/C25H20ClN7O2/c1-15-24-19(18-4-2-3-5-20(18)35-13-16-6-8-17(26)9-7-16)12-23(34)28-25(24)33(30-15)22-11-10-21-29-27-14-32(21)31-22/h2-11,14,19H,12-13H2,1H3,(H,28,34)/t19-/m1/s1. The summed E-state index contributed by atoms with van der Waals surface area (Å²) in [4.78, 5) is 12.8. The van der Waals surface area contributed by atoms with Gasteiger partial charge in [0.25, 0.3) is 0 Å². The van der Waals surface area contributed by atoms with Crippen molar-refractivity contribution < 1.29 is 9.53 Å². The molecule has 0 saturated carbocycles. The van der Waals surface area contributed by atoms with E-state index in [2.05, 4.69) is 20.6 Å². The third-order valence-electron chi connectivity index (χ3n) is 6.07. The summed E-state index contributed by atoms with van der Waals surface area (Å²) in [6.45, 7) is 2.33. The third-order valence-corrected chi connectivity index (χ3v) is 6.32. The lowest BCUT2D eigenvalue weighted by Gasteiger charge is -2.26. The molecule has 0 unspecified atom stereocenters. The Kier molecular flexibility index (Phi) is 5.18. The number of benzene rings is 2. The van der Waals surface area contributed by atoms with Crippen molar-refractivity contribution in [2.24, 2.45) is 0 Å². The number of nitrogens with one attached hydrogen (secondary N) is 1. The van der Waals surface area contributed by atoms with Crippen LogP contribution in [-0.2, 0) is 11.4 Å². The molecule has 0 bridgehead atoms. The molecule has 4 heterocycles. The quantitative estimate of drug-likeness (QED) is 0.398. The Morgan fingerprint density at radius 1 is 1.09 bits per heavy atom. The molecule has 0 fully saturated rings. The lowest BCUT2D eigenvalue weighted by molar-refractivity contribution is -0.116. The highest BCUT2D eigenvalue weighted by Crippen LogP contribution is 2.43. The number of nitrogens with zero attached hydrogens (tertiary/aromatic N) is 6. The van der Waals surface area contributed by atoms with Crippen LogP contribution in [0.2, 0.25) is 5.02 Å². The van der Waals surface area contributed by atoms with E-state index in [1.165, 1.54) is 6.33 Å². The lowest BCUT2D eigenvalue weighted by Crippen LogP contribution is -2.25. The molecular weight excluding hydrogens is 466 g/mol. The fourth-order valence-electron chi connectivity index (χ4n) is 4.45. The molecule has 1 amide bonds. The van der Waals surface area contributed by atoms with Crippen LogP contribution in [0.25, 0.3) is 11.5 Å². The molecule has 35 heavy (non-hydrogen) atoms. The second-order valence-electron chi connectivity index (χ2n) is 8.34. The minimum Gasteiger partial charge on any atom is -0.489 e. The van der Waals surface area contributed by atoms with Gasteiger partial charge in [-0.05, 0) is 42.8 Å². The molecule has 0 aliphatic carbocycles. The average Bonchev–Trinajstić information content (AvgIpc) is 3.47. The fourth-order valence-corrected chi connectivity index (χ4v) is 4.58. The number of hydrogen-bond donors (Lipinski definition) is 1. The number of ether oxygens (including phenoxy) is 1. The smallest absolute Gasteiger partial charge is 0.226 e. The van der Waals surface area contributed by atoms with E-state index in [1.54, 1.807) is 21.3 Å². The molecule has 1 aliphatic heterocycles. The van der Waals surface area contributed by atoms with Gasteiger partial charge in [0.1, 0.15) is 24.5 Å². The topological polar surface area (TPSA) is 99.2 Å². The average molecular weight is 486 g/mol. The third kappa shape index (κ3) is 3.89. The highest BCUT2D eigenvalue weighted by Gasteiger charge is 2.34. The first-order chi connectivity index (χ1) is 17.1. The van der Waals surface area contributed by atoms with Crippen molar-refractivity contribution in [2.75, 3.05) is 5.32 Å². The maximum absolute atomic E-state index is 12.8. The van der Waals surface area contributed by atoms with Crippen LogP contribution in [0.5, 0.6) is 5.75 Å². The van der Waals surface area contributed by atoms with Gasteiger partial charge in [-0.1, -0.05) is 41.9 Å². The summed E-state index contributed by atoms with van der Waals surface area (Å²) in [6.07, 6.45) is 1.82. The monoisotopic (exact) mass is 485 g/mol. The van der Waals surface area contributed by atoms with Crippen molar-refractivity contribution in [3.63, 3.8) is 0 Å². The summed E-state index contributed by atoms with van der Waals surface area (Å²) in [5.41, 5.74) is 4.31. The van der Waals surface area contributed by atoms with Crippen molar-refractivity contribution in [1.29, 1.82) is 0 Å². The van der Waals surface area contributed by atoms with Crippen LogP contribution >= 0.6 is 11.6 Å². The highest BCUT2D eigenvalue weighted by atomic mass is 35.5. The number of fused-ring (bicyclic) bond motifs is 2. The first-order valence-corrected chi connectivity index (χ1v) is 11.5. The van der Waals surface area contributed by atoms with E-state index in [0.717, 1.165) is 28.1 Å². The van der Waals surface area contributed by atoms with Crippen LogP contribution < -0.4 is 10.1 Å². The molecule has 174 valence electrons. The minimum atomic E-state index is -0.215. The molecule has 2 aromatic carbocycles. The number of amides is 1. The zero-order chi connectivity index (χ0) is 23.9. The van der Waals surface area contributed by atoms with E-state index in [1.807, 2.05) is 55.5 Å². The van der Waals surface area contributed by atoms with E-state index in [4.69, 9.17) is 21.4 Å². The number of carbonyl (C=O) groups is 1. The predicted octanol–water partition coefficient (Wildman–Crippen LogP) is 4.32. The second kappa shape index (κ2) is 8.52. The van der Waals surface area contributed by atoms with Crippen LogP contribution in [0.4, 0.5) is 5.82 Å². The number of halogens is 1. The lowest BCUT2D eigenvalue weighted by atomic mass is 9.85. The maximum Gasteiger partial charge on any atom is 0.226 e. The summed E-state index contributed by atoms with van der Waals surface area (Å²) < 4.78 is 9.43. The summed E-state index contributed by atoms with van der Waals surface area (Å²) >= 11 is 6.00. The van der Waals surface area contributed by atoms with Gasteiger partial charge in [-0.3, -0.25) is 4.79 Å². The van der Waals surface area contributed by atoms with Gasteiger partial charge in [0.15, 0.2) is 11.5 Å². The van der Waals surface area contributed by atoms with Gasteiger partial charge in [0.2, 0.25) is 5.91 Å². The van der Waals surface area contributed by atoms with Gasteiger partial charge < -0.3 is 10.1 Å². The van der Waals surface area contributed by atoms with Gasteiger partial charge in [0.05, 0.1) is 5.69 Å². The van der Waals surface area contributed by atoms with Gasteiger partial charge in [-0.15, -0.1) is 15.3 Å².